The van der Waals surface area contributed by atoms with Gasteiger partial charge < -0.3 is 11.1 Å². The van der Waals surface area contributed by atoms with Crippen LogP contribution in [0.3, 0.4) is 0 Å². The fraction of sp³-hybridized carbons (Fsp3) is 0.316. The van der Waals surface area contributed by atoms with E-state index in [9.17, 15) is 4.79 Å². The van der Waals surface area contributed by atoms with E-state index in [1.54, 1.807) is 0 Å². The van der Waals surface area contributed by atoms with Gasteiger partial charge in [-0.15, -0.1) is 12.4 Å². The number of benzene rings is 2. The smallest absolute Gasteiger partial charge is 0.234 e. The molecule has 136 valence electrons. The van der Waals surface area contributed by atoms with Crippen molar-refractivity contribution in [2.24, 2.45) is 5.73 Å². The number of carbonyl (C=O) groups excluding carboxylic acids is 1. The van der Waals surface area contributed by atoms with Crippen molar-refractivity contribution in [2.75, 3.05) is 26.2 Å². The van der Waals surface area contributed by atoms with Gasteiger partial charge in [0.05, 0.1) is 6.54 Å². The molecular formula is C19H25Cl2N3O. The summed E-state index contributed by atoms with van der Waals surface area (Å²) >= 11 is 5.95. The van der Waals surface area contributed by atoms with Gasteiger partial charge in [0.2, 0.25) is 5.91 Å². The minimum Gasteiger partial charge on any atom is -0.351 e. The normalized spacial score (nSPS) is 10.4. The summed E-state index contributed by atoms with van der Waals surface area (Å²) in [6, 6.07) is 17.8. The molecule has 2 aromatic carbocycles. The maximum atomic E-state index is 12.2. The van der Waals surface area contributed by atoms with Crippen molar-refractivity contribution in [3.63, 3.8) is 0 Å². The first-order valence-electron chi connectivity index (χ1n) is 8.15. The van der Waals surface area contributed by atoms with Gasteiger partial charge in [-0.3, -0.25) is 9.69 Å². The highest BCUT2D eigenvalue weighted by Gasteiger charge is 2.10. The summed E-state index contributed by atoms with van der Waals surface area (Å²) in [4.78, 5) is 14.3. The number of nitrogens with one attached hydrogen (secondary N) is 1. The van der Waals surface area contributed by atoms with Gasteiger partial charge in [0, 0.05) is 31.2 Å². The molecule has 2 aromatic rings. The van der Waals surface area contributed by atoms with Crippen LogP contribution >= 0.6 is 24.0 Å². The highest BCUT2D eigenvalue weighted by Crippen LogP contribution is 2.10. The van der Waals surface area contributed by atoms with Crippen LogP contribution in [-0.4, -0.2) is 37.0 Å². The van der Waals surface area contributed by atoms with Crippen LogP contribution in [0.2, 0.25) is 5.02 Å². The molecule has 25 heavy (non-hydrogen) atoms. The Kier molecular flexibility index (Phi) is 10.2. The van der Waals surface area contributed by atoms with Crippen LogP contribution in [0.25, 0.3) is 0 Å². The van der Waals surface area contributed by atoms with Crippen molar-refractivity contribution >= 4 is 29.9 Å². The Morgan fingerprint density at radius 1 is 1.04 bits per heavy atom. The summed E-state index contributed by atoms with van der Waals surface area (Å²) in [5.74, 6) is -0.00325. The topological polar surface area (TPSA) is 58.4 Å². The van der Waals surface area contributed by atoms with E-state index in [-0.39, 0.29) is 18.3 Å². The molecule has 2 rings (SSSR count). The first-order valence-corrected chi connectivity index (χ1v) is 8.52. The number of nitrogens with two attached hydrogens (primary N) is 1. The third-order valence-corrected chi connectivity index (χ3v) is 3.99. The van der Waals surface area contributed by atoms with Gasteiger partial charge >= 0.3 is 0 Å². The molecule has 0 radical (unpaired) electrons. The number of amides is 1. The SMILES string of the molecule is Cl.NCCN(CCc1ccccc1)CC(=O)NCc1cccc(Cl)c1. The lowest BCUT2D eigenvalue weighted by Crippen LogP contribution is -2.40. The molecule has 0 aliphatic carbocycles. The molecule has 3 N–H and O–H groups in total. The number of carbonyl (C=O) groups is 1. The van der Waals surface area contributed by atoms with Crippen molar-refractivity contribution in [3.05, 3.63) is 70.7 Å². The Morgan fingerprint density at radius 3 is 2.44 bits per heavy atom. The third-order valence-electron chi connectivity index (χ3n) is 3.75. The zero-order valence-corrected chi connectivity index (χ0v) is 15.7. The number of halogens is 2. The first kappa shape index (κ1) is 21.5. The standard InChI is InChI=1S/C19H24ClN3O.ClH/c20-18-8-4-7-17(13-18)14-22-19(24)15-23(12-10-21)11-9-16-5-2-1-3-6-16;/h1-8,13H,9-12,14-15,21H2,(H,22,24);1H. The van der Waals surface area contributed by atoms with E-state index in [2.05, 4.69) is 22.3 Å². The molecule has 0 saturated heterocycles. The second-order valence-electron chi connectivity index (χ2n) is 5.71. The molecule has 0 saturated carbocycles. The van der Waals surface area contributed by atoms with Crippen LogP contribution in [0, 0.1) is 0 Å². The van der Waals surface area contributed by atoms with Crippen LogP contribution in [0.1, 0.15) is 11.1 Å². The molecule has 0 unspecified atom stereocenters. The summed E-state index contributed by atoms with van der Waals surface area (Å²) < 4.78 is 0. The summed E-state index contributed by atoms with van der Waals surface area (Å²) in [5.41, 5.74) is 7.92. The number of hydrogen-bond donors (Lipinski definition) is 2. The van der Waals surface area contributed by atoms with Gasteiger partial charge in [-0.2, -0.15) is 0 Å². The van der Waals surface area contributed by atoms with Crippen molar-refractivity contribution in [2.45, 2.75) is 13.0 Å². The number of rotatable bonds is 9. The van der Waals surface area contributed by atoms with E-state index in [0.717, 1.165) is 18.5 Å². The molecule has 4 nitrogen and oxygen atoms in total. The van der Waals surface area contributed by atoms with Crippen LogP contribution in [0.15, 0.2) is 54.6 Å². The molecule has 0 aromatic heterocycles. The largest absolute Gasteiger partial charge is 0.351 e. The van der Waals surface area contributed by atoms with Crippen LogP contribution in [0.4, 0.5) is 0 Å². The Balaban J connectivity index is 0.00000312. The van der Waals surface area contributed by atoms with E-state index in [0.29, 0.717) is 31.2 Å². The van der Waals surface area contributed by atoms with E-state index in [1.807, 2.05) is 42.5 Å². The maximum absolute atomic E-state index is 12.2. The number of nitrogens with zero attached hydrogens (tertiary/aromatic N) is 1. The Labute approximate surface area is 160 Å². The van der Waals surface area contributed by atoms with Gasteiger partial charge in [-0.1, -0.05) is 54.1 Å². The van der Waals surface area contributed by atoms with Crippen LogP contribution < -0.4 is 11.1 Å². The molecule has 0 aliphatic rings. The molecular weight excluding hydrogens is 357 g/mol. The zero-order valence-electron chi connectivity index (χ0n) is 14.2. The average molecular weight is 382 g/mol. The van der Waals surface area contributed by atoms with Crippen LogP contribution in [0.5, 0.6) is 0 Å². The predicted octanol–water partition coefficient (Wildman–Crippen LogP) is 2.88. The maximum Gasteiger partial charge on any atom is 0.234 e. The summed E-state index contributed by atoms with van der Waals surface area (Å²) in [5, 5.41) is 3.61. The van der Waals surface area contributed by atoms with E-state index >= 15 is 0 Å². The molecule has 0 fully saturated rings. The molecule has 0 bridgehead atoms. The summed E-state index contributed by atoms with van der Waals surface area (Å²) in [7, 11) is 0. The molecule has 0 aliphatic heterocycles. The lowest BCUT2D eigenvalue weighted by molar-refractivity contribution is -0.122. The molecule has 0 spiro atoms. The second-order valence-corrected chi connectivity index (χ2v) is 6.14. The van der Waals surface area contributed by atoms with Crippen molar-refractivity contribution in [1.29, 1.82) is 0 Å². The Hall–Kier alpha value is -1.59. The van der Waals surface area contributed by atoms with Gasteiger partial charge in [-0.25, -0.2) is 0 Å². The summed E-state index contributed by atoms with van der Waals surface area (Å²) in [6.45, 7) is 2.89. The molecule has 0 atom stereocenters. The minimum absolute atomic E-state index is 0. The summed E-state index contributed by atoms with van der Waals surface area (Å²) in [6.07, 6.45) is 0.905. The second kappa shape index (κ2) is 11.9. The fourth-order valence-corrected chi connectivity index (χ4v) is 2.70. The monoisotopic (exact) mass is 381 g/mol. The van der Waals surface area contributed by atoms with E-state index < -0.39 is 0 Å². The zero-order chi connectivity index (χ0) is 17.2. The first-order chi connectivity index (χ1) is 11.7. The highest BCUT2D eigenvalue weighted by molar-refractivity contribution is 6.30. The van der Waals surface area contributed by atoms with Crippen molar-refractivity contribution in [1.82, 2.24) is 10.2 Å². The Morgan fingerprint density at radius 2 is 1.76 bits per heavy atom. The van der Waals surface area contributed by atoms with Gasteiger partial charge in [0.25, 0.3) is 0 Å². The van der Waals surface area contributed by atoms with Gasteiger partial charge in [0.15, 0.2) is 0 Å². The molecule has 1 amide bonds. The van der Waals surface area contributed by atoms with Crippen molar-refractivity contribution in [3.8, 4) is 0 Å². The lowest BCUT2D eigenvalue weighted by Gasteiger charge is -2.21. The third kappa shape index (κ3) is 8.36. The molecule has 0 heterocycles. The highest BCUT2D eigenvalue weighted by atomic mass is 35.5. The predicted molar refractivity (Wildman–Crippen MR) is 106 cm³/mol. The van der Waals surface area contributed by atoms with Crippen LogP contribution in [-0.2, 0) is 17.8 Å². The molecule has 6 heteroatoms. The average Bonchev–Trinajstić information content (AvgIpc) is 2.59. The minimum atomic E-state index is -0.00325. The quantitative estimate of drug-likeness (QED) is 0.701. The van der Waals surface area contributed by atoms with E-state index in [1.165, 1.54) is 5.56 Å². The lowest BCUT2D eigenvalue weighted by atomic mass is 10.1. The van der Waals surface area contributed by atoms with Gasteiger partial charge in [-0.05, 0) is 29.7 Å². The number of hydrogen-bond acceptors (Lipinski definition) is 3. The Bertz CT molecular complexity index is 638. The van der Waals surface area contributed by atoms with E-state index in [4.69, 9.17) is 17.3 Å². The fourth-order valence-electron chi connectivity index (χ4n) is 2.49. The van der Waals surface area contributed by atoms with Gasteiger partial charge in [0.1, 0.15) is 0 Å². The van der Waals surface area contributed by atoms with Crippen molar-refractivity contribution < 1.29 is 4.79 Å².